The first kappa shape index (κ1) is 9.45. The predicted molar refractivity (Wildman–Crippen MR) is 56.9 cm³/mol. The van der Waals surface area contributed by atoms with E-state index in [0.29, 0.717) is 5.56 Å². The van der Waals surface area contributed by atoms with Gasteiger partial charge in [-0.1, -0.05) is 6.07 Å². The van der Waals surface area contributed by atoms with E-state index < -0.39 is 5.82 Å². The van der Waals surface area contributed by atoms with Gasteiger partial charge in [-0.3, -0.25) is 4.79 Å². The zero-order valence-electron chi connectivity index (χ0n) is 7.83. The number of halogens is 1. The number of hydrogen-bond donors (Lipinski definition) is 2. The molecular weight excluding hydrogens is 195 g/mol. The molecule has 1 heterocycles. The Morgan fingerprint density at radius 2 is 1.87 bits per heavy atom. The van der Waals surface area contributed by atoms with Crippen molar-refractivity contribution in [2.45, 2.75) is 0 Å². The molecule has 0 amide bonds. The molecule has 0 aliphatic heterocycles. The molecule has 2 aromatic rings. The highest BCUT2D eigenvalue weighted by molar-refractivity contribution is 5.64. The highest BCUT2D eigenvalue weighted by Gasteiger charge is 2.02. The molecule has 2 rings (SSSR count). The molecule has 0 atom stereocenters. The van der Waals surface area contributed by atoms with E-state index in [-0.39, 0.29) is 11.2 Å². The third kappa shape index (κ3) is 1.88. The van der Waals surface area contributed by atoms with Crippen LogP contribution in [0.15, 0.2) is 41.3 Å². The van der Waals surface area contributed by atoms with Crippen LogP contribution in [0.5, 0.6) is 0 Å². The van der Waals surface area contributed by atoms with Crippen molar-refractivity contribution >= 4 is 5.69 Å². The Balaban J connectivity index is 2.50. The van der Waals surface area contributed by atoms with Gasteiger partial charge >= 0.3 is 0 Å². The number of aromatic nitrogens is 1. The van der Waals surface area contributed by atoms with Gasteiger partial charge in [0.05, 0.1) is 5.69 Å². The molecule has 0 fully saturated rings. The molecule has 15 heavy (non-hydrogen) atoms. The highest BCUT2D eigenvalue weighted by Crippen LogP contribution is 2.21. The van der Waals surface area contributed by atoms with Crippen molar-refractivity contribution in [2.24, 2.45) is 0 Å². The van der Waals surface area contributed by atoms with Gasteiger partial charge in [0.25, 0.3) is 0 Å². The number of hydrogen-bond acceptors (Lipinski definition) is 2. The number of anilines is 1. The van der Waals surface area contributed by atoms with Crippen molar-refractivity contribution in [1.82, 2.24) is 4.98 Å². The lowest BCUT2D eigenvalue weighted by molar-refractivity contribution is 0.633. The number of aromatic amines is 1. The second-order valence-electron chi connectivity index (χ2n) is 3.18. The quantitative estimate of drug-likeness (QED) is 0.695. The van der Waals surface area contributed by atoms with E-state index >= 15 is 0 Å². The summed E-state index contributed by atoms with van der Waals surface area (Å²) in [5, 5.41) is 0. The fourth-order valence-electron chi connectivity index (χ4n) is 1.30. The zero-order chi connectivity index (χ0) is 10.8. The van der Waals surface area contributed by atoms with E-state index in [1.165, 1.54) is 24.4 Å². The molecule has 3 N–H and O–H groups in total. The van der Waals surface area contributed by atoms with Crippen LogP contribution in [0, 0.1) is 5.82 Å². The molecule has 0 radical (unpaired) electrons. The molecular formula is C11H9FN2O. The first-order valence-electron chi connectivity index (χ1n) is 4.41. The normalized spacial score (nSPS) is 10.2. The largest absolute Gasteiger partial charge is 0.396 e. The van der Waals surface area contributed by atoms with E-state index in [1.54, 1.807) is 12.1 Å². The highest BCUT2D eigenvalue weighted by atomic mass is 19.1. The van der Waals surface area contributed by atoms with Gasteiger partial charge < -0.3 is 10.7 Å². The third-order valence-electron chi connectivity index (χ3n) is 2.12. The van der Waals surface area contributed by atoms with Gasteiger partial charge in [0, 0.05) is 12.3 Å². The summed E-state index contributed by atoms with van der Waals surface area (Å²) >= 11 is 0. The van der Waals surface area contributed by atoms with Gasteiger partial charge in [-0.05, 0) is 29.3 Å². The maximum Gasteiger partial charge on any atom is 0.247 e. The third-order valence-corrected chi connectivity index (χ3v) is 2.12. The summed E-state index contributed by atoms with van der Waals surface area (Å²) in [6.45, 7) is 0. The second-order valence-corrected chi connectivity index (χ2v) is 3.18. The second kappa shape index (κ2) is 3.57. The van der Waals surface area contributed by atoms with Gasteiger partial charge in [-0.15, -0.1) is 0 Å². The van der Waals surface area contributed by atoms with Gasteiger partial charge in [0.15, 0.2) is 0 Å². The molecule has 0 unspecified atom stereocenters. The van der Waals surface area contributed by atoms with Gasteiger partial charge in [0.1, 0.15) is 5.82 Å². The number of benzene rings is 1. The van der Waals surface area contributed by atoms with Crippen LogP contribution in [0.3, 0.4) is 0 Å². The van der Waals surface area contributed by atoms with Crippen LogP contribution >= 0.6 is 0 Å². The molecule has 0 spiro atoms. The van der Waals surface area contributed by atoms with Crippen LogP contribution in [0.1, 0.15) is 0 Å². The SMILES string of the molecule is Nc1ccc(-c2ccc(=O)[nH]c2)cc1F. The van der Waals surface area contributed by atoms with Crippen molar-refractivity contribution in [3.63, 3.8) is 0 Å². The molecule has 0 saturated heterocycles. The van der Waals surface area contributed by atoms with Crippen molar-refractivity contribution in [2.75, 3.05) is 5.73 Å². The lowest BCUT2D eigenvalue weighted by Crippen LogP contribution is -2.01. The number of rotatable bonds is 1. The van der Waals surface area contributed by atoms with Crippen molar-refractivity contribution < 1.29 is 4.39 Å². The van der Waals surface area contributed by atoms with Crippen molar-refractivity contribution in [3.05, 3.63) is 52.7 Å². The summed E-state index contributed by atoms with van der Waals surface area (Å²) in [5.41, 5.74) is 6.71. The average Bonchev–Trinajstić information content (AvgIpc) is 2.23. The van der Waals surface area contributed by atoms with Crippen LogP contribution in [-0.2, 0) is 0 Å². The summed E-state index contributed by atoms with van der Waals surface area (Å²) in [6.07, 6.45) is 1.54. The maximum absolute atomic E-state index is 13.1. The first-order valence-corrected chi connectivity index (χ1v) is 4.41. The van der Waals surface area contributed by atoms with Crippen LogP contribution in [0.2, 0.25) is 0 Å². The zero-order valence-corrected chi connectivity index (χ0v) is 7.83. The number of nitrogen functional groups attached to an aromatic ring is 1. The summed E-state index contributed by atoms with van der Waals surface area (Å²) < 4.78 is 13.1. The minimum Gasteiger partial charge on any atom is -0.396 e. The monoisotopic (exact) mass is 204 g/mol. The van der Waals surface area contributed by atoms with Crippen molar-refractivity contribution in [1.29, 1.82) is 0 Å². The van der Waals surface area contributed by atoms with Gasteiger partial charge in [-0.25, -0.2) is 4.39 Å². The topological polar surface area (TPSA) is 58.9 Å². The van der Waals surface area contributed by atoms with E-state index in [1.807, 2.05) is 0 Å². The fourth-order valence-corrected chi connectivity index (χ4v) is 1.30. The van der Waals surface area contributed by atoms with E-state index in [4.69, 9.17) is 5.73 Å². The van der Waals surface area contributed by atoms with Crippen LogP contribution in [0.4, 0.5) is 10.1 Å². The number of pyridine rings is 1. The lowest BCUT2D eigenvalue weighted by atomic mass is 10.1. The van der Waals surface area contributed by atoms with Crippen LogP contribution < -0.4 is 11.3 Å². The summed E-state index contributed by atoms with van der Waals surface area (Å²) in [5.74, 6) is -0.460. The van der Waals surface area contributed by atoms with Crippen LogP contribution in [0.25, 0.3) is 11.1 Å². The van der Waals surface area contributed by atoms with Gasteiger partial charge in [0.2, 0.25) is 5.56 Å². The Bertz CT molecular complexity index is 528. The number of nitrogens with one attached hydrogen (secondary N) is 1. The molecule has 1 aromatic heterocycles. The number of H-pyrrole nitrogens is 1. The molecule has 76 valence electrons. The molecule has 0 aliphatic carbocycles. The predicted octanol–water partition coefficient (Wildman–Crippen LogP) is 1.76. The summed E-state index contributed by atoms with van der Waals surface area (Å²) in [7, 11) is 0. The van der Waals surface area contributed by atoms with Crippen LogP contribution in [-0.4, -0.2) is 4.98 Å². The average molecular weight is 204 g/mol. The Morgan fingerprint density at radius 1 is 1.13 bits per heavy atom. The number of nitrogens with two attached hydrogens (primary N) is 1. The molecule has 4 heteroatoms. The smallest absolute Gasteiger partial charge is 0.247 e. The molecule has 0 bridgehead atoms. The Labute approximate surface area is 85.4 Å². The first-order chi connectivity index (χ1) is 7.16. The summed E-state index contributed by atoms with van der Waals surface area (Å²) in [4.78, 5) is 13.3. The lowest BCUT2D eigenvalue weighted by Gasteiger charge is -2.02. The molecule has 0 saturated carbocycles. The fraction of sp³-hybridized carbons (Fsp3) is 0. The standard InChI is InChI=1S/C11H9FN2O/c12-9-5-7(1-3-10(9)13)8-2-4-11(15)14-6-8/h1-6H,13H2,(H,14,15). The van der Waals surface area contributed by atoms with E-state index in [2.05, 4.69) is 4.98 Å². The van der Waals surface area contributed by atoms with E-state index in [0.717, 1.165) is 5.56 Å². The Morgan fingerprint density at radius 3 is 2.47 bits per heavy atom. The minimum absolute atomic E-state index is 0.114. The van der Waals surface area contributed by atoms with E-state index in [9.17, 15) is 9.18 Å². The summed E-state index contributed by atoms with van der Waals surface area (Å²) in [6, 6.07) is 7.55. The Kier molecular flexibility index (Phi) is 2.25. The molecule has 1 aromatic carbocycles. The molecule has 0 aliphatic rings. The molecule has 3 nitrogen and oxygen atoms in total. The maximum atomic E-state index is 13.1. The minimum atomic E-state index is -0.460. The van der Waals surface area contributed by atoms with Gasteiger partial charge in [-0.2, -0.15) is 0 Å². The van der Waals surface area contributed by atoms with Crippen molar-refractivity contribution in [3.8, 4) is 11.1 Å². The Hall–Kier alpha value is -2.10.